The van der Waals surface area contributed by atoms with Crippen LogP contribution < -0.4 is 0 Å². The number of carboxylic acid groups (broad SMARTS) is 3. The highest BCUT2D eigenvalue weighted by molar-refractivity contribution is 5.97. The summed E-state index contributed by atoms with van der Waals surface area (Å²) in [6.07, 6.45) is 0.531. The van der Waals surface area contributed by atoms with Gasteiger partial charge in [0.1, 0.15) is 0 Å². The number of aliphatic carboxylic acids is 2. The Labute approximate surface area is 124 Å². The molecular formula is C12H8F4O7. The van der Waals surface area contributed by atoms with E-state index in [0.717, 1.165) is 0 Å². The third-order valence-corrected chi connectivity index (χ3v) is 2.25. The minimum Gasteiger partial charge on any atom is -0.478 e. The van der Waals surface area contributed by atoms with Gasteiger partial charge in [0.25, 0.3) is 0 Å². The Morgan fingerprint density at radius 3 is 1.52 bits per heavy atom. The van der Waals surface area contributed by atoms with Crippen molar-refractivity contribution in [3.63, 3.8) is 0 Å². The van der Waals surface area contributed by atoms with Crippen LogP contribution in [0.15, 0.2) is 24.3 Å². The van der Waals surface area contributed by atoms with Gasteiger partial charge in [-0.15, -0.1) is 0 Å². The maximum Gasteiger partial charge on any atom is 0.415 e. The Hall–Kier alpha value is -2.98. The molecule has 0 radical (unpaired) electrons. The highest BCUT2D eigenvalue weighted by Crippen LogP contribution is 2.34. The minimum atomic E-state index is -5.60. The van der Waals surface area contributed by atoms with Crippen LogP contribution in [-0.4, -0.2) is 51.4 Å². The molecule has 0 aliphatic rings. The average molecular weight is 340 g/mol. The number of aldehydes is 1. The van der Waals surface area contributed by atoms with E-state index in [1.54, 1.807) is 12.1 Å². The van der Waals surface area contributed by atoms with Gasteiger partial charge in [-0.3, -0.25) is 4.79 Å². The Morgan fingerprint density at radius 2 is 1.26 bits per heavy atom. The predicted molar refractivity (Wildman–Crippen MR) is 64.0 cm³/mol. The number of hydrogen-bond acceptors (Lipinski definition) is 4. The SMILES string of the molecule is O=C(O)C(F)(F)C(F)(F)C(=O)O.O=Cc1ccccc1C(=O)O. The van der Waals surface area contributed by atoms with Crippen molar-refractivity contribution in [2.45, 2.75) is 11.8 Å². The fourth-order valence-electron chi connectivity index (χ4n) is 1.06. The third-order valence-electron chi connectivity index (χ3n) is 2.25. The molecule has 0 heterocycles. The number of rotatable bonds is 5. The molecule has 0 aliphatic heterocycles. The lowest BCUT2D eigenvalue weighted by molar-refractivity contribution is -0.231. The zero-order valence-corrected chi connectivity index (χ0v) is 10.9. The van der Waals surface area contributed by atoms with Gasteiger partial charge in [0.15, 0.2) is 6.29 Å². The first-order valence-corrected chi connectivity index (χ1v) is 5.39. The van der Waals surface area contributed by atoms with E-state index in [2.05, 4.69) is 0 Å². The maximum absolute atomic E-state index is 11.8. The molecule has 0 bridgehead atoms. The smallest absolute Gasteiger partial charge is 0.415 e. The highest BCUT2D eigenvalue weighted by Gasteiger charge is 2.68. The summed E-state index contributed by atoms with van der Waals surface area (Å²) in [6.45, 7) is 0. The molecule has 0 aliphatic carbocycles. The van der Waals surface area contributed by atoms with Gasteiger partial charge in [0, 0.05) is 5.56 Å². The van der Waals surface area contributed by atoms with E-state index in [-0.39, 0.29) is 11.1 Å². The molecule has 0 atom stereocenters. The van der Waals surface area contributed by atoms with Gasteiger partial charge in [0.05, 0.1) is 5.56 Å². The predicted octanol–water partition coefficient (Wildman–Crippen LogP) is 1.62. The normalized spacial score (nSPS) is 11.0. The number of carbonyl (C=O) groups is 4. The quantitative estimate of drug-likeness (QED) is 0.549. The van der Waals surface area contributed by atoms with Crippen LogP contribution in [0.25, 0.3) is 0 Å². The van der Waals surface area contributed by atoms with Crippen LogP contribution >= 0.6 is 0 Å². The summed E-state index contributed by atoms with van der Waals surface area (Å²) in [5.74, 6) is -18.6. The second kappa shape index (κ2) is 7.33. The molecule has 1 aromatic carbocycles. The van der Waals surface area contributed by atoms with E-state index in [1.165, 1.54) is 12.1 Å². The van der Waals surface area contributed by atoms with Crippen molar-refractivity contribution in [2.75, 3.05) is 0 Å². The summed E-state index contributed by atoms with van der Waals surface area (Å²) in [7, 11) is 0. The molecule has 126 valence electrons. The lowest BCUT2D eigenvalue weighted by Crippen LogP contribution is -2.52. The summed E-state index contributed by atoms with van der Waals surface area (Å²) >= 11 is 0. The molecule has 0 amide bonds. The number of carbonyl (C=O) groups excluding carboxylic acids is 1. The lowest BCUT2D eigenvalue weighted by Gasteiger charge is -2.17. The van der Waals surface area contributed by atoms with Crippen LogP contribution in [0.1, 0.15) is 20.7 Å². The number of hydrogen-bond donors (Lipinski definition) is 3. The Kier molecular flexibility index (Phi) is 6.38. The number of alkyl halides is 4. The van der Waals surface area contributed by atoms with Crippen LogP contribution in [0.5, 0.6) is 0 Å². The summed E-state index contributed by atoms with van der Waals surface area (Å²) in [5, 5.41) is 23.6. The Balaban J connectivity index is 0.000000422. The summed E-state index contributed by atoms with van der Waals surface area (Å²) < 4.78 is 47.4. The van der Waals surface area contributed by atoms with E-state index >= 15 is 0 Å². The van der Waals surface area contributed by atoms with Crippen LogP contribution in [0.4, 0.5) is 17.6 Å². The molecule has 0 saturated carbocycles. The first kappa shape index (κ1) is 20.0. The van der Waals surface area contributed by atoms with Crippen molar-refractivity contribution in [1.29, 1.82) is 0 Å². The van der Waals surface area contributed by atoms with Crippen molar-refractivity contribution in [3.05, 3.63) is 35.4 Å². The first-order valence-electron chi connectivity index (χ1n) is 5.39. The molecule has 0 saturated heterocycles. The topological polar surface area (TPSA) is 129 Å². The molecular weight excluding hydrogens is 332 g/mol. The van der Waals surface area contributed by atoms with Crippen LogP contribution in [0.2, 0.25) is 0 Å². The maximum atomic E-state index is 11.8. The van der Waals surface area contributed by atoms with Crippen molar-refractivity contribution >= 4 is 24.2 Å². The first-order chi connectivity index (χ1) is 10.4. The van der Waals surface area contributed by atoms with E-state index in [4.69, 9.17) is 15.3 Å². The summed E-state index contributed by atoms with van der Waals surface area (Å²) in [6, 6.07) is 6.06. The van der Waals surface area contributed by atoms with Gasteiger partial charge in [0.2, 0.25) is 0 Å². The van der Waals surface area contributed by atoms with E-state index in [0.29, 0.717) is 6.29 Å². The van der Waals surface area contributed by atoms with E-state index in [1.807, 2.05) is 0 Å². The minimum absolute atomic E-state index is 0.0440. The standard InChI is InChI=1S/C8H6O3.C4H2F4O4/c9-5-6-3-1-2-4-7(6)8(10)11;5-3(6,1(9)10)4(7,8)2(11)12/h1-5H,(H,10,11);(H,9,10)(H,11,12). The Bertz CT molecular complexity index is 604. The number of aromatic carboxylic acids is 1. The number of halogens is 4. The van der Waals surface area contributed by atoms with E-state index < -0.39 is 29.8 Å². The number of carboxylic acids is 3. The molecule has 11 heteroatoms. The zero-order chi connectivity index (χ0) is 18.4. The summed E-state index contributed by atoms with van der Waals surface area (Å²) in [5.41, 5.74) is 0.252. The molecule has 1 rings (SSSR count). The average Bonchev–Trinajstić information content (AvgIpc) is 2.47. The summed E-state index contributed by atoms with van der Waals surface area (Å²) in [4.78, 5) is 39.6. The van der Waals surface area contributed by atoms with Crippen molar-refractivity contribution < 1.29 is 52.1 Å². The molecule has 0 unspecified atom stereocenters. The third kappa shape index (κ3) is 4.49. The second-order valence-corrected chi connectivity index (χ2v) is 3.77. The van der Waals surface area contributed by atoms with Gasteiger partial charge < -0.3 is 15.3 Å². The van der Waals surface area contributed by atoms with Gasteiger partial charge >= 0.3 is 29.8 Å². The van der Waals surface area contributed by atoms with Crippen molar-refractivity contribution in [2.24, 2.45) is 0 Å². The molecule has 1 aromatic rings. The van der Waals surface area contributed by atoms with Crippen LogP contribution in [0, 0.1) is 0 Å². The lowest BCUT2D eigenvalue weighted by atomic mass is 10.1. The Morgan fingerprint density at radius 1 is 0.870 bits per heavy atom. The molecule has 7 nitrogen and oxygen atoms in total. The molecule has 23 heavy (non-hydrogen) atoms. The largest absolute Gasteiger partial charge is 0.478 e. The van der Waals surface area contributed by atoms with E-state index in [9.17, 15) is 36.7 Å². The second-order valence-electron chi connectivity index (χ2n) is 3.77. The molecule has 0 spiro atoms. The van der Waals surface area contributed by atoms with Gasteiger partial charge in [-0.1, -0.05) is 18.2 Å². The fourth-order valence-corrected chi connectivity index (χ4v) is 1.06. The molecule has 3 N–H and O–H groups in total. The van der Waals surface area contributed by atoms with Crippen LogP contribution in [0.3, 0.4) is 0 Å². The van der Waals surface area contributed by atoms with Crippen molar-refractivity contribution in [1.82, 2.24) is 0 Å². The molecule has 0 fully saturated rings. The highest BCUT2D eigenvalue weighted by atomic mass is 19.3. The van der Waals surface area contributed by atoms with Gasteiger partial charge in [-0.05, 0) is 6.07 Å². The van der Waals surface area contributed by atoms with Gasteiger partial charge in [-0.2, -0.15) is 17.6 Å². The van der Waals surface area contributed by atoms with Gasteiger partial charge in [-0.25, -0.2) is 14.4 Å². The fraction of sp³-hybridized carbons (Fsp3) is 0.167. The van der Waals surface area contributed by atoms with Crippen molar-refractivity contribution in [3.8, 4) is 0 Å². The molecule has 0 aromatic heterocycles. The zero-order valence-electron chi connectivity index (χ0n) is 10.9. The number of benzene rings is 1. The van der Waals surface area contributed by atoms with Crippen LogP contribution in [-0.2, 0) is 9.59 Å². The monoisotopic (exact) mass is 340 g/mol.